The number of hydrogen-bond donors (Lipinski definition) is 2. The molecule has 0 atom stereocenters. The van der Waals surface area contributed by atoms with Crippen LogP contribution in [-0.4, -0.2) is 42.0 Å². The number of benzene rings is 3. The summed E-state index contributed by atoms with van der Waals surface area (Å²) in [4.78, 5) is 19.7. The number of likely N-dealkylation sites (tertiary alicyclic amines) is 1. The van der Waals surface area contributed by atoms with Crippen molar-refractivity contribution in [3.63, 3.8) is 0 Å². The highest BCUT2D eigenvalue weighted by atomic mass is 35.5. The Morgan fingerprint density at radius 1 is 0.825 bits per heavy atom. The number of amides is 1. The largest absolute Gasteiger partial charge is 0.366 e. The standard InChI is InChI=1S/C21H22ClN3O.C12H16ClN/c22-18-4-2-1-3-15(18)11-14-7-9-25(10-8-14)20-13-17-12-16(21(23)26)5-6-19(17)24-20;13-12-7-3-2-6-11(12)10-14-8-4-1-5-9-14/h1-6,12-14,24H,7-11H2,(H2,23,26);2-3,6-7H,1,4-5,8-10H2. The highest BCUT2D eigenvalue weighted by Gasteiger charge is 2.21. The third-order valence-corrected chi connectivity index (χ3v) is 8.85. The SMILES string of the molecule is Clc1ccccc1CN1CCCCC1.NC(=O)c1ccc2[nH]c(N3CCC(Cc4ccccc4Cl)CC3)cc2c1. The zero-order chi connectivity index (χ0) is 27.9. The van der Waals surface area contributed by atoms with Crippen LogP contribution < -0.4 is 10.6 Å². The van der Waals surface area contributed by atoms with E-state index in [-0.39, 0.29) is 0 Å². The summed E-state index contributed by atoms with van der Waals surface area (Å²) in [6, 6.07) is 23.9. The van der Waals surface area contributed by atoms with Crippen molar-refractivity contribution in [3.8, 4) is 0 Å². The number of carbonyl (C=O) groups is 1. The monoisotopic (exact) mass is 576 g/mol. The average molecular weight is 578 g/mol. The number of aromatic amines is 1. The summed E-state index contributed by atoms with van der Waals surface area (Å²) in [6.07, 6.45) is 7.40. The number of piperidine rings is 2. The molecule has 7 heteroatoms. The van der Waals surface area contributed by atoms with Crippen molar-refractivity contribution in [2.45, 2.75) is 45.1 Å². The minimum Gasteiger partial charge on any atom is -0.366 e. The van der Waals surface area contributed by atoms with E-state index in [1.54, 1.807) is 6.07 Å². The van der Waals surface area contributed by atoms with Crippen LogP contribution in [0.5, 0.6) is 0 Å². The Morgan fingerprint density at radius 3 is 2.12 bits per heavy atom. The third kappa shape index (κ3) is 7.39. The first-order valence-electron chi connectivity index (χ1n) is 14.3. The van der Waals surface area contributed by atoms with Crippen LogP contribution in [0.3, 0.4) is 0 Å². The second-order valence-electron chi connectivity index (χ2n) is 11.0. The zero-order valence-corrected chi connectivity index (χ0v) is 24.4. The highest BCUT2D eigenvalue weighted by molar-refractivity contribution is 6.31. The molecule has 40 heavy (non-hydrogen) atoms. The van der Waals surface area contributed by atoms with E-state index in [1.165, 1.54) is 43.5 Å². The Balaban J connectivity index is 0.000000194. The van der Waals surface area contributed by atoms with E-state index in [2.05, 4.69) is 45.1 Å². The number of H-pyrrole nitrogens is 1. The van der Waals surface area contributed by atoms with Crippen molar-refractivity contribution in [1.82, 2.24) is 9.88 Å². The maximum absolute atomic E-state index is 11.4. The molecule has 6 rings (SSSR count). The summed E-state index contributed by atoms with van der Waals surface area (Å²) in [7, 11) is 0. The van der Waals surface area contributed by atoms with Gasteiger partial charge in [0.1, 0.15) is 5.82 Å². The molecule has 210 valence electrons. The van der Waals surface area contributed by atoms with Gasteiger partial charge in [0.15, 0.2) is 0 Å². The van der Waals surface area contributed by atoms with Crippen LogP contribution in [0.25, 0.3) is 10.9 Å². The minimum absolute atomic E-state index is 0.393. The van der Waals surface area contributed by atoms with E-state index in [4.69, 9.17) is 28.9 Å². The maximum atomic E-state index is 11.4. The molecule has 0 aliphatic carbocycles. The number of nitrogens with two attached hydrogens (primary N) is 1. The minimum atomic E-state index is -0.393. The Labute approximate surface area is 247 Å². The Bertz CT molecular complexity index is 1420. The normalized spacial score (nSPS) is 16.5. The molecule has 0 spiro atoms. The molecule has 1 amide bonds. The summed E-state index contributed by atoms with van der Waals surface area (Å²) >= 11 is 12.4. The molecule has 2 aliphatic rings. The number of aromatic nitrogens is 1. The first-order chi connectivity index (χ1) is 19.5. The van der Waals surface area contributed by atoms with E-state index in [0.717, 1.165) is 65.7 Å². The molecule has 0 unspecified atom stereocenters. The number of nitrogens with one attached hydrogen (secondary N) is 1. The van der Waals surface area contributed by atoms with E-state index < -0.39 is 5.91 Å². The Kier molecular flexibility index (Phi) is 9.69. The lowest BCUT2D eigenvalue weighted by Gasteiger charge is -2.32. The van der Waals surface area contributed by atoms with E-state index in [0.29, 0.717) is 11.5 Å². The number of carbonyl (C=O) groups excluding carboxylic acids is 1. The van der Waals surface area contributed by atoms with Crippen LogP contribution in [0.4, 0.5) is 5.82 Å². The molecule has 2 aliphatic heterocycles. The van der Waals surface area contributed by atoms with E-state index in [9.17, 15) is 4.79 Å². The predicted molar refractivity (Wildman–Crippen MR) is 167 cm³/mol. The van der Waals surface area contributed by atoms with Crippen LogP contribution in [0.2, 0.25) is 10.0 Å². The zero-order valence-electron chi connectivity index (χ0n) is 22.9. The van der Waals surface area contributed by atoms with Crippen LogP contribution in [0.15, 0.2) is 72.8 Å². The van der Waals surface area contributed by atoms with Crippen molar-refractivity contribution in [2.75, 3.05) is 31.1 Å². The van der Waals surface area contributed by atoms with Gasteiger partial charge in [-0.1, -0.05) is 66.0 Å². The smallest absolute Gasteiger partial charge is 0.248 e. The van der Waals surface area contributed by atoms with Gasteiger partial charge in [-0.25, -0.2) is 0 Å². The van der Waals surface area contributed by atoms with E-state index in [1.807, 2.05) is 36.4 Å². The molecule has 0 radical (unpaired) electrons. The van der Waals surface area contributed by atoms with Gasteiger partial charge < -0.3 is 15.6 Å². The summed E-state index contributed by atoms with van der Waals surface area (Å²) in [5, 5.41) is 2.79. The predicted octanol–water partition coefficient (Wildman–Crippen LogP) is 7.71. The lowest BCUT2D eigenvalue weighted by atomic mass is 9.90. The topological polar surface area (TPSA) is 65.4 Å². The molecule has 5 nitrogen and oxygen atoms in total. The molecule has 3 heterocycles. The van der Waals surface area contributed by atoms with E-state index >= 15 is 0 Å². The van der Waals surface area contributed by atoms with Gasteiger partial charge >= 0.3 is 0 Å². The molecule has 3 aromatic carbocycles. The fraction of sp³-hybridized carbons (Fsp3) is 0.364. The molecule has 2 saturated heterocycles. The highest BCUT2D eigenvalue weighted by Crippen LogP contribution is 2.30. The summed E-state index contributed by atoms with van der Waals surface area (Å²) in [5.74, 6) is 1.38. The maximum Gasteiger partial charge on any atom is 0.248 e. The third-order valence-electron chi connectivity index (χ3n) is 8.11. The molecule has 4 aromatic rings. The van der Waals surface area contributed by atoms with Gasteiger partial charge in [-0.2, -0.15) is 0 Å². The molecular formula is C33H38Cl2N4O. The fourth-order valence-corrected chi connectivity index (χ4v) is 6.19. The average Bonchev–Trinajstić information content (AvgIpc) is 3.40. The number of primary amides is 1. The number of hydrogen-bond acceptors (Lipinski definition) is 3. The van der Waals surface area contributed by atoms with Gasteiger partial charge in [-0.3, -0.25) is 9.69 Å². The summed E-state index contributed by atoms with van der Waals surface area (Å²) < 4.78 is 0. The quantitative estimate of drug-likeness (QED) is 0.247. The second-order valence-corrected chi connectivity index (χ2v) is 11.8. The number of halogens is 2. The fourth-order valence-electron chi connectivity index (χ4n) is 5.78. The number of anilines is 1. The van der Waals surface area contributed by atoms with Gasteiger partial charge in [-0.15, -0.1) is 0 Å². The van der Waals surface area contributed by atoms with Gasteiger partial charge in [0.2, 0.25) is 5.91 Å². The molecule has 0 bridgehead atoms. The number of rotatable bonds is 6. The number of nitrogens with zero attached hydrogens (tertiary/aromatic N) is 2. The summed E-state index contributed by atoms with van der Waals surface area (Å²) in [5.41, 5.74) is 9.46. The van der Waals surface area contributed by atoms with Crippen LogP contribution in [0.1, 0.15) is 53.6 Å². The molecule has 3 N–H and O–H groups in total. The van der Waals surface area contributed by atoms with Gasteiger partial charge in [-0.05, 0) is 98.6 Å². The molecule has 1 aromatic heterocycles. The lowest BCUT2D eigenvalue weighted by molar-refractivity contribution is 0.100. The second kappa shape index (κ2) is 13.6. The van der Waals surface area contributed by atoms with Gasteiger partial charge in [0, 0.05) is 46.1 Å². The molecule has 0 saturated carbocycles. The molecule has 2 fully saturated rings. The van der Waals surface area contributed by atoms with Crippen LogP contribution in [0, 0.1) is 5.92 Å². The van der Waals surface area contributed by atoms with Crippen LogP contribution >= 0.6 is 23.2 Å². The Hall–Kier alpha value is -2.99. The number of fused-ring (bicyclic) bond motifs is 1. The van der Waals surface area contributed by atoms with Crippen molar-refractivity contribution in [2.24, 2.45) is 11.7 Å². The lowest BCUT2D eigenvalue weighted by Crippen LogP contribution is -2.34. The van der Waals surface area contributed by atoms with Crippen molar-refractivity contribution in [1.29, 1.82) is 0 Å². The Morgan fingerprint density at radius 2 is 1.48 bits per heavy atom. The van der Waals surface area contributed by atoms with Gasteiger partial charge in [0.25, 0.3) is 0 Å². The van der Waals surface area contributed by atoms with Crippen LogP contribution in [-0.2, 0) is 13.0 Å². The van der Waals surface area contributed by atoms with Crippen molar-refractivity contribution < 1.29 is 4.79 Å². The van der Waals surface area contributed by atoms with Gasteiger partial charge in [0.05, 0.1) is 0 Å². The summed E-state index contributed by atoms with van der Waals surface area (Å²) in [6.45, 7) is 5.51. The first kappa shape index (κ1) is 28.5. The molecular weight excluding hydrogens is 539 g/mol. The first-order valence-corrected chi connectivity index (χ1v) is 15.1. The van der Waals surface area contributed by atoms with Crippen molar-refractivity contribution in [3.05, 3.63) is 99.5 Å². The van der Waals surface area contributed by atoms with Crippen molar-refractivity contribution >= 4 is 45.8 Å².